The van der Waals surface area contributed by atoms with Gasteiger partial charge in [0.05, 0.1) is 13.2 Å². The van der Waals surface area contributed by atoms with Gasteiger partial charge in [-0.05, 0) is 61.6 Å². The second kappa shape index (κ2) is 9.00. The first-order valence-corrected chi connectivity index (χ1v) is 10.4. The normalized spacial score (nSPS) is 17.1. The van der Waals surface area contributed by atoms with Crippen molar-refractivity contribution in [2.45, 2.75) is 38.2 Å². The predicted molar refractivity (Wildman–Crippen MR) is 112 cm³/mol. The molecule has 160 valence electrons. The van der Waals surface area contributed by atoms with Crippen LogP contribution in [0.15, 0.2) is 41.4 Å². The van der Waals surface area contributed by atoms with Crippen molar-refractivity contribution in [3.05, 3.63) is 64.7 Å². The van der Waals surface area contributed by atoms with Gasteiger partial charge in [-0.1, -0.05) is 12.1 Å². The molecule has 2 aromatic carbocycles. The summed E-state index contributed by atoms with van der Waals surface area (Å²) in [6.07, 6.45) is 2.61. The molecule has 2 aromatic rings. The van der Waals surface area contributed by atoms with Gasteiger partial charge in [-0.3, -0.25) is 4.99 Å². The minimum absolute atomic E-state index is 0.0695. The van der Waals surface area contributed by atoms with Gasteiger partial charge in [0, 0.05) is 24.1 Å². The number of hydrogen-bond donors (Lipinski definition) is 2. The fourth-order valence-corrected chi connectivity index (χ4v) is 3.84. The highest BCUT2D eigenvalue weighted by Gasteiger charge is 2.44. The summed E-state index contributed by atoms with van der Waals surface area (Å²) in [6, 6.07) is 9.78. The number of rotatable bonds is 7. The van der Waals surface area contributed by atoms with Crippen LogP contribution in [-0.2, 0) is 23.2 Å². The van der Waals surface area contributed by atoms with Crippen LogP contribution in [0.5, 0.6) is 5.75 Å². The van der Waals surface area contributed by atoms with Gasteiger partial charge in [0.15, 0.2) is 12.8 Å². The van der Waals surface area contributed by atoms with Gasteiger partial charge in [0.1, 0.15) is 17.4 Å². The second-order valence-corrected chi connectivity index (χ2v) is 7.83. The van der Waals surface area contributed by atoms with E-state index in [-0.39, 0.29) is 23.8 Å². The van der Waals surface area contributed by atoms with Crippen LogP contribution in [-0.4, -0.2) is 32.4 Å². The van der Waals surface area contributed by atoms with Crippen molar-refractivity contribution in [2.24, 2.45) is 4.99 Å². The van der Waals surface area contributed by atoms with Crippen LogP contribution in [0.3, 0.4) is 0 Å². The maximum Gasteiger partial charge on any atom is 0.191 e. The van der Waals surface area contributed by atoms with E-state index >= 15 is 0 Å². The lowest BCUT2D eigenvalue weighted by atomic mass is 9.96. The standard InChI is InChI=1S/C23H27F2N3O2/c1-2-26-22(28-14-23(7-8-23)18-4-3-5-19(24)12-18)27-9-6-16-10-20(25)11-17-13-29-15-30-21(16)17/h3-5,10-12H,2,6-9,13-15H2,1H3,(H2,26,27,28). The largest absolute Gasteiger partial charge is 0.467 e. The zero-order valence-corrected chi connectivity index (χ0v) is 17.1. The maximum absolute atomic E-state index is 13.9. The van der Waals surface area contributed by atoms with E-state index in [9.17, 15) is 8.78 Å². The fraction of sp³-hybridized carbons (Fsp3) is 0.435. The molecule has 1 saturated carbocycles. The molecule has 0 atom stereocenters. The molecule has 30 heavy (non-hydrogen) atoms. The van der Waals surface area contributed by atoms with Crippen LogP contribution in [0.1, 0.15) is 36.5 Å². The summed E-state index contributed by atoms with van der Waals surface area (Å²) >= 11 is 0. The highest BCUT2D eigenvalue weighted by atomic mass is 19.1. The Morgan fingerprint density at radius 2 is 2.00 bits per heavy atom. The van der Waals surface area contributed by atoms with Gasteiger partial charge in [-0.2, -0.15) is 0 Å². The Kier molecular flexibility index (Phi) is 6.18. The molecule has 4 rings (SSSR count). The first-order chi connectivity index (χ1) is 14.6. The average molecular weight is 415 g/mol. The predicted octanol–water partition coefficient (Wildman–Crippen LogP) is 3.66. The van der Waals surface area contributed by atoms with Crippen LogP contribution in [0.25, 0.3) is 0 Å². The molecule has 1 fully saturated rings. The van der Waals surface area contributed by atoms with Crippen LogP contribution in [0.4, 0.5) is 8.78 Å². The highest BCUT2D eigenvalue weighted by Crippen LogP contribution is 2.48. The minimum Gasteiger partial charge on any atom is -0.467 e. The molecule has 0 saturated heterocycles. The third-order valence-electron chi connectivity index (χ3n) is 5.61. The van der Waals surface area contributed by atoms with Gasteiger partial charge in [-0.15, -0.1) is 0 Å². The smallest absolute Gasteiger partial charge is 0.191 e. The van der Waals surface area contributed by atoms with Gasteiger partial charge >= 0.3 is 0 Å². The lowest BCUT2D eigenvalue weighted by Gasteiger charge is -2.21. The molecule has 0 aromatic heterocycles. The Bertz CT molecular complexity index is 929. The van der Waals surface area contributed by atoms with Crippen LogP contribution in [0, 0.1) is 11.6 Å². The van der Waals surface area contributed by atoms with Crippen molar-refractivity contribution < 1.29 is 18.3 Å². The molecular weight excluding hydrogens is 388 g/mol. The Balaban J connectivity index is 1.39. The molecule has 7 heteroatoms. The summed E-state index contributed by atoms with van der Waals surface area (Å²) in [5.41, 5.74) is 2.49. The lowest BCUT2D eigenvalue weighted by Crippen LogP contribution is -2.39. The van der Waals surface area contributed by atoms with Crippen molar-refractivity contribution >= 4 is 5.96 Å². The zero-order chi connectivity index (χ0) is 21.0. The summed E-state index contributed by atoms with van der Waals surface area (Å²) in [5.74, 6) is 0.923. The summed E-state index contributed by atoms with van der Waals surface area (Å²) in [4.78, 5) is 4.74. The van der Waals surface area contributed by atoms with E-state index in [0.717, 1.165) is 41.8 Å². The number of fused-ring (bicyclic) bond motifs is 1. The van der Waals surface area contributed by atoms with Crippen molar-refractivity contribution in [3.8, 4) is 5.75 Å². The number of nitrogens with one attached hydrogen (secondary N) is 2. The van der Waals surface area contributed by atoms with Crippen LogP contribution >= 0.6 is 0 Å². The molecule has 2 N–H and O–H groups in total. The zero-order valence-electron chi connectivity index (χ0n) is 17.1. The molecule has 0 unspecified atom stereocenters. The molecule has 1 aliphatic heterocycles. The van der Waals surface area contributed by atoms with E-state index in [0.29, 0.717) is 32.1 Å². The summed E-state index contributed by atoms with van der Waals surface area (Å²) in [6.45, 7) is 4.47. The fourth-order valence-electron chi connectivity index (χ4n) is 3.84. The van der Waals surface area contributed by atoms with Gasteiger partial charge in [0.25, 0.3) is 0 Å². The van der Waals surface area contributed by atoms with Crippen molar-refractivity contribution in [1.82, 2.24) is 10.6 Å². The highest BCUT2D eigenvalue weighted by molar-refractivity contribution is 5.79. The Labute approximate surface area is 175 Å². The molecule has 0 radical (unpaired) electrons. The van der Waals surface area contributed by atoms with E-state index in [1.54, 1.807) is 12.1 Å². The molecule has 0 spiro atoms. The second-order valence-electron chi connectivity index (χ2n) is 7.83. The maximum atomic E-state index is 13.9. The summed E-state index contributed by atoms with van der Waals surface area (Å²) in [7, 11) is 0. The monoisotopic (exact) mass is 415 g/mol. The minimum atomic E-state index is -0.288. The van der Waals surface area contributed by atoms with E-state index < -0.39 is 0 Å². The quantitative estimate of drug-likeness (QED) is 0.535. The Morgan fingerprint density at radius 1 is 1.13 bits per heavy atom. The molecular formula is C23H27F2N3O2. The van der Waals surface area contributed by atoms with Crippen molar-refractivity contribution in [2.75, 3.05) is 26.4 Å². The van der Waals surface area contributed by atoms with E-state index in [1.165, 1.54) is 18.2 Å². The third-order valence-corrected chi connectivity index (χ3v) is 5.61. The van der Waals surface area contributed by atoms with Gasteiger partial charge < -0.3 is 20.1 Å². The van der Waals surface area contributed by atoms with Crippen LogP contribution < -0.4 is 15.4 Å². The van der Waals surface area contributed by atoms with Crippen molar-refractivity contribution in [3.63, 3.8) is 0 Å². The molecule has 1 aliphatic carbocycles. The molecule has 5 nitrogen and oxygen atoms in total. The first kappa shape index (κ1) is 20.6. The number of guanidine groups is 1. The molecule has 0 bridgehead atoms. The molecule has 1 heterocycles. The summed E-state index contributed by atoms with van der Waals surface area (Å²) < 4.78 is 38.3. The first-order valence-electron chi connectivity index (χ1n) is 10.4. The number of aliphatic imine (C=N–C) groups is 1. The molecule has 2 aliphatic rings. The molecule has 0 amide bonds. The number of hydrogen-bond acceptors (Lipinski definition) is 3. The third kappa shape index (κ3) is 4.73. The number of ether oxygens (including phenoxy) is 2. The van der Waals surface area contributed by atoms with E-state index in [2.05, 4.69) is 10.6 Å². The van der Waals surface area contributed by atoms with Crippen molar-refractivity contribution in [1.29, 1.82) is 0 Å². The van der Waals surface area contributed by atoms with Crippen LogP contribution in [0.2, 0.25) is 0 Å². The van der Waals surface area contributed by atoms with Gasteiger partial charge in [-0.25, -0.2) is 8.78 Å². The Morgan fingerprint density at radius 3 is 2.77 bits per heavy atom. The number of benzene rings is 2. The van der Waals surface area contributed by atoms with Gasteiger partial charge in [0.2, 0.25) is 0 Å². The number of nitrogens with zero attached hydrogens (tertiary/aromatic N) is 1. The lowest BCUT2D eigenvalue weighted by molar-refractivity contribution is -0.0172. The number of halogens is 2. The topological polar surface area (TPSA) is 54.9 Å². The Hall–Kier alpha value is -2.67. The van der Waals surface area contributed by atoms with E-state index in [4.69, 9.17) is 14.5 Å². The average Bonchev–Trinajstić information content (AvgIpc) is 3.53. The SMILES string of the molecule is CCNC(=NCC1(c2cccc(F)c2)CC1)NCCc1cc(F)cc2c1OCOC2. The van der Waals surface area contributed by atoms with E-state index in [1.807, 2.05) is 13.0 Å². The summed E-state index contributed by atoms with van der Waals surface area (Å²) in [5, 5.41) is 6.56.